The highest BCUT2D eigenvalue weighted by Gasteiger charge is 2.70. The van der Waals surface area contributed by atoms with Gasteiger partial charge in [-0.3, -0.25) is 14.4 Å². The van der Waals surface area contributed by atoms with Crippen LogP contribution in [0.2, 0.25) is 0 Å². The molecule has 37 heavy (non-hydrogen) atoms. The van der Waals surface area contributed by atoms with E-state index in [9.17, 15) is 14.4 Å². The van der Waals surface area contributed by atoms with E-state index >= 15 is 0 Å². The number of nitrogens with one attached hydrogen (secondary N) is 1. The molecule has 1 aromatic heterocycles. The number of Topliss-reactive ketones (excluding diaryl/α,β-unsaturated/α-hetero) is 2. The number of para-hydroxylation sites is 2. The van der Waals surface area contributed by atoms with Crippen LogP contribution < -0.4 is 10.2 Å². The topological polar surface area (TPSA) is 66.5 Å². The van der Waals surface area contributed by atoms with Gasteiger partial charge in [0, 0.05) is 16.9 Å². The number of carbonyl (C=O) groups excluding carboxylic acids is 3. The highest BCUT2D eigenvalue weighted by Crippen LogP contribution is 2.58. The van der Waals surface area contributed by atoms with E-state index in [1.165, 1.54) is 11.3 Å². The maximum atomic E-state index is 14.5. The number of hydrogen-bond acceptors (Lipinski definition) is 5. The van der Waals surface area contributed by atoms with Gasteiger partial charge in [-0.1, -0.05) is 84.9 Å². The fraction of sp³-hybridized carbons (Fsp3) is 0.129. The molecular weight excluding hydrogens is 480 g/mol. The van der Waals surface area contributed by atoms with E-state index in [4.69, 9.17) is 0 Å². The lowest BCUT2D eigenvalue weighted by Gasteiger charge is -2.37. The normalized spacial score (nSPS) is 24.9. The second-order valence-corrected chi connectivity index (χ2v) is 10.6. The van der Waals surface area contributed by atoms with Gasteiger partial charge in [0.15, 0.2) is 11.6 Å². The SMILES string of the molecule is O=C(c1ccccc1)[C@@H]1[C@H](C(=O)c2cccs2)[C@@]2(C(=O)Nc3ccccc32)[C@H]2C=Cc3ccccc3N12. The van der Waals surface area contributed by atoms with Crippen LogP contribution in [0.3, 0.4) is 0 Å². The maximum Gasteiger partial charge on any atom is 0.238 e. The third kappa shape index (κ3) is 2.93. The fourth-order valence-corrected chi connectivity index (χ4v) is 7.17. The van der Waals surface area contributed by atoms with Gasteiger partial charge in [0.05, 0.1) is 16.8 Å². The summed E-state index contributed by atoms with van der Waals surface area (Å²) in [6.45, 7) is 0. The molecule has 180 valence electrons. The van der Waals surface area contributed by atoms with Gasteiger partial charge in [0.25, 0.3) is 0 Å². The molecule has 1 N–H and O–H groups in total. The Balaban J connectivity index is 1.55. The molecule has 7 rings (SSSR count). The minimum absolute atomic E-state index is 0.167. The Morgan fingerprint density at radius 2 is 1.59 bits per heavy atom. The Morgan fingerprint density at radius 1 is 0.838 bits per heavy atom. The molecule has 4 atom stereocenters. The number of hydrogen-bond donors (Lipinski definition) is 1. The van der Waals surface area contributed by atoms with E-state index < -0.39 is 23.4 Å². The van der Waals surface area contributed by atoms with Gasteiger partial charge in [-0.2, -0.15) is 0 Å². The molecule has 1 amide bonds. The summed E-state index contributed by atoms with van der Waals surface area (Å²) in [6, 6.07) is 26.7. The Hall–Kier alpha value is -4.29. The van der Waals surface area contributed by atoms with E-state index in [1.807, 2.05) is 95.2 Å². The zero-order valence-electron chi connectivity index (χ0n) is 19.7. The van der Waals surface area contributed by atoms with Crippen LogP contribution in [0.4, 0.5) is 11.4 Å². The van der Waals surface area contributed by atoms with Crippen LogP contribution >= 0.6 is 11.3 Å². The van der Waals surface area contributed by atoms with E-state index in [0.29, 0.717) is 16.1 Å². The van der Waals surface area contributed by atoms with Crippen LogP contribution in [-0.2, 0) is 10.2 Å². The lowest BCUT2D eigenvalue weighted by atomic mass is 9.64. The summed E-state index contributed by atoms with van der Waals surface area (Å²) in [4.78, 5) is 45.6. The van der Waals surface area contributed by atoms with Gasteiger partial charge < -0.3 is 10.2 Å². The predicted molar refractivity (Wildman–Crippen MR) is 145 cm³/mol. The molecule has 0 saturated carbocycles. The minimum atomic E-state index is -1.27. The lowest BCUT2D eigenvalue weighted by molar-refractivity contribution is -0.121. The molecule has 0 unspecified atom stereocenters. The first-order chi connectivity index (χ1) is 18.1. The van der Waals surface area contributed by atoms with E-state index in [-0.39, 0.29) is 17.5 Å². The summed E-state index contributed by atoms with van der Waals surface area (Å²) in [7, 11) is 0. The molecular formula is C31H22N2O3S. The lowest BCUT2D eigenvalue weighted by Crippen LogP contribution is -2.51. The average molecular weight is 503 g/mol. The molecule has 0 bridgehead atoms. The smallest absolute Gasteiger partial charge is 0.238 e. The van der Waals surface area contributed by atoms with Gasteiger partial charge in [-0.15, -0.1) is 11.3 Å². The van der Waals surface area contributed by atoms with Gasteiger partial charge in [-0.05, 0) is 34.7 Å². The Kier molecular flexibility index (Phi) is 4.81. The van der Waals surface area contributed by atoms with Gasteiger partial charge in [0.2, 0.25) is 5.91 Å². The van der Waals surface area contributed by atoms with Crippen LogP contribution in [0.25, 0.3) is 6.08 Å². The number of benzene rings is 3. The third-order valence-corrected chi connectivity index (χ3v) is 8.80. The summed E-state index contributed by atoms with van der Waals surface area (Å²) in [6.07, 6.45) is 4.01. The number of ketones is 2. The molecule has 5 nitrogen and oxygen atoms in total. The quantitative estimate of drug-likeness (QED) is 0.369. The van der Waals surface area contributed by atoms with Crippen molar-refractivity contribution >= 4 is 46.3 Å². The number of amides is 1. The number of nitrogens with zero attached hydrogens (tertiary/aromatic N) is 1. The van der Waals surface area contributed by atoms with Crippen molar-refractivity contribution in [1.82, 2.24) is 0 Å². The molecule has 4 heterocycles. The molecule has 1 fully saturated rings. The average Bonchev–Trinajstić information content (AvgIpc) is 3.65. The zero-order valence-corrected chi connectivity index (χ0v) is 20.5. The first-order valence-corrected chi connectivity index (χ1v) is 13.1. The second-order valence-electron chi connectivity index (χ2n) is 9.63. The van der Waals surface area contributed by atoms with Crippen molar-refractivity contribution in [3.63, 3.8) is 0 Å². The molecule has 3 aromatic carbocycles. The van der Waals surface area contributed by atoms with Crippen molar-refractivity contribution in [2.75, 3.05) is 10.2 Å². The highest BCUT2D eigenvalue weighted by molar-refractivity contribution is 7.12. The first kappa shape index (κ1) is 21.9. The molecule has 3 aliphatic heterocycles. The van der Waals surface area contributed by atoms with Crippen LogP contribution in [0.1, 0.15) is 31.2 Å². The Morgan fingerprint density at radius 3 is 2.41 bits per heavy atom. The minimum Gasteiger partial charge on any atom is -0.352 e. The predicted octanol–water partition coefficient (Wildman–Crippen LogP) is 5.60. The van der Waals surface area contributed by atoms with Gasteiger partial charge >= 0.3 is 0 Å². The summed E-state index contributed by atoms with van der Waals surface area (Å²) < 4.78 is 0. The van der Waals surface area contributed by atoms with Crippen LogP contribution in [0.5, 0.6) is 0 Å². The van der Waals surface area contributed by atoms with Crippen LogP contribution in [-0.4, -0.2) is 29.6 Å². The molecule has 6 heteroatoms. The van der Waals surface area contributed by atoms with Crippen LogP contribution in [0, 0.1) is 5.92 Å². The first-order valence-electron chi connectivity index (χ1n) is 12.3. The summed E-state index contributed by atoms with van der Waals surface area (Å²) in [5, 5.41) is 4.91. The Bertz CT molecular complexity index is 1590. The third-order valence-electron chi connectivity index (χ3n) is 7.92. The monoisotopic (exact) mass is 502 g/mol. The largest absolute Gasteiger partial charge is 0.352 e. The van der Waals surface area contributed by atoms with Gasteiger partial charge in [-0.25, -0.2) is 0 Å². The zero-order chi connectivity index (χ0) is 25.1. The van der Waals surface area contributed by atoms with E-state index in [2.05, 4.69) is 5.32 Å². The van der Waals surface area contributed by atoms with E-state index in [1.54, 1.807) is 18.2 Å². The number of thiophene rings is 1. The molecule has 3 aliphatic rings. The molecule has 1 spiro atoms. The van der Waals surface area contributed by atoms with Gasteiger partial charge in [0.1, 0.15) is 11.5 Å². The molecule has 1 saturated heterocycles. The number of anilines is 2. The van der Waals surface area contributed by atoms with E-state index in [0.717, 1.165) is 16.8 Å². The van der Waals surface area contributed by atoms with Crippen LogP contribution in [0.15, 0.2) is 102 Å². The number of rotatable bonds is 4. The van der Waals surface area contributed by atoms with Crippen molar-refractivity contribution in [3.8, 4) is 0 Å². The Labute approximate surface area is 218 Å². The maximum absolute atomic E-state index is 14.5. The fourth-order valence-electron chi connectivity index (χ4n) is 6.46. The summed E-state index contributed by atoms with van der Waals surface area (Å²) >= 11 is 1.34. The second kappa shape index (κ2) is 8.11. The number of fused-ring (bicyclic) bond motifs is 6. The summed E-state index contributed by atoms with van der Waals surface area (Å²) in [5.74, 6) is -1.52. The molecule has 0 radical (unpaired) electrons. The molecule has 0 aliphatic carbocycles. The van der Waals surface area contributed by atoms with Crippen molar-refractivity contribution < 1.29 is 14.4 Å². The molecule has 4 aromatic rings. The van der Waals surface area contributed by atoms with Crippen molar-refractivity contribution in [1.29, 1.82) is 0 Å². The van der Waals surface area contributed by atoms with Crippen molar-refractivity contribution in [2.24, 2.45) is 5.92 Å². The van der Waals surface area contributed by atoms with Crippen molar-refractivity contribution in [3.05, 3.63) is 124 Å². The number of carbonyl (C=O) groups is 3. The standard InChI is InChI=1S/C31H22N2O3S/c34-28(20-10-2-1-3-11-20)27-26(29(35)24-15-8-18-37-24)31(21-12-5-6-13-22(21)32-30(31)36)25-17-16-19-9-4-7-14-23(19)33(25)27/h1-18,25-27H,(H,32,36)/t25-,26-,27+,31+/m1/s1. The highest BCUT2D eigenvalue weighted by atomic mass is 32.1. The van der Waals surface area contributed by atoms with Crippen molar-refractivity contribution in [2.45, 2.75) is 17.5 Å². The summed E-state index contributed by atoms with van der Waals surface area (Å²) in [5.41, 5.74) is 2.51.